The van der Waals surface area contributed by atoms with Crippen molar-refractivity contribution in [3.8, 4) is 5.75 Å². The van der Waals surface area contributed by atoms with E-state index < -0.39 is 0 Å². The van der Waals surface area contributed by atoms with E-state index in [0.29, 0.717) is 10.4 Å². The monoisotopic (exact) mass is 413 g/mol. The zero-order chi connectivity index (χ0) is 14.3. The van der Waals surface area contributed by atoms with Gasteiger partial charge in [0.15, 0.2) is 0 Å². The fourth-order valence-electron chi connectivity index (χ4n) is 2.01. The van der Waals surface area contributed by atoms with Crippen LogP contribution in [0.15, 0.2) is 38.7 Å². The molecule has 0 spiro atoms. The summed E-state index contributed by atoms with van der Waals surface area (Å²) in [5.41, 5.74) is 1.57. The number of halogens is 2. The van der Waals surface area contributed by atoms with Gasteiger partial charge in [-0.2, -0.15) is 0 Å². The molecule has 2 heterocycles. The number of ether oxygens (including phenoxy) is 1. The summed E-state index contributed by atoms with van der Waals surface area (Å²) in [6, 6.07) is 7.48. The molecule has 0 fully saturated rings. The number of nitrogens with one attached hydrogen (secondary N) is 1. The van der Waals surface area contributed by atoms with Gasteiger partial charge < -0.3 is 9.72 Å². The number of thiophene rings is 1. The Labute approximate surface area is 136 Å². The van der Waals surface area contributed by atoms with Gasteiger partial charge in [0.05, 0.1) is 15.8 Å². The van der Waals surface area contributed by atoms with E-state index in [1.165, 1.54) is 11.3 Å². The van der Waals surface area contributed by atoms with E-state index in [4.69, 9.17) is 4.74 Å². The van der Waals surface area contributed by atoms with Crippen molar-refractivity contribution in [3.05, 3.63) is 49.2 Å². The van der Waals surface area contributed by atoms with Gasteiger partial charge in [0.25, 0.3) is 0 Å². The van der Waals surface area contributed by atoms with E-state index in [0.717, 1.165) is 24.9 Å². The average Bonchev–Trinajstić information content (AvgIpc) is 3.01. The topological polar surface area (TPSA) is 42.1 Å². The molecule has 3 aromatic rings. The summed E-state index contributed by atoms with van der Waals surface area (Å²) in [4.78, 5) is 16.4. The molecule has 20 heavy (non-hydrogen) atoms. The van der Waals surface area contributed by atoms with E-state index in [9.17, 15) is 4.79 Å². The number of aromatic nitrogens is 1. The molecule has 1 aromatic carbocycles. The molecule has 0 aliphatic rings. The van der Waals surface area contributed by atoms with Crippen LogP contribution in [-0.4, -0.2) is 17.9 Å². The molecule has 0 aliphatic carbocycles. The number of carbonyl (C=O) groups excluding carboxylic acids is 1. The lowest BCUT2D eigenvalue weighted by molar-refractivity contribution is 0.104. The van der Waals surface area contributed by atoms with Gasteiger partial charge in [-0.1, -0.05) is 0 Å². The Hall–Kier alpha value is -1.11. The van der Waals surface area contributed by atoms with E-state index >= 15 is 0 Å². The standard InChI is InChI=1S/C14H9Br2NO2S/c1-19-7-2-3-11-8(4-7)9(6-17-11)13(18)12-5-10(15)14(16)20-12/h2-6,17H,1H3. The van der Waals surface area contributed by atoms with Gasteiger partial charge >= 0.3 is 0 Å². The summed E-state index contributed by atoms with van der Waals surface area (Å²) in [6.07, 6.45) is 1.74. The van der Waals surface area contributed by atoms with Crippen molar-refractivity contribution in [2.24, 2.45) is 0 Å². The Morgan fingerprint density at radius 1 is 1.30 bits per heavy atom. The zero-order valence-electron chi connectivity index (χ0n) is 10.4. The molecule has 0 radical (unpaired) electrons. The third kappa shape index (κ3) is 2.32. The third-order valence-corrected chi connectivity index (χ3v) is 6.26. The minimum absolute atomic E-state index is 0.000836. The van der Waals surface area contributed by atoms with E-state index in [2.05, 4.69) is 36.8 Å². The lowest BCUT2D eigenvalue weighted by atomic mass is 10.1. The van der Waals surface area contributed by atoms with Crippen molar-refractivity contribution < 1.29 is 9.53 Å². The van der Waals surface area contributed by atoms with Gasteiger partial charge in [-0.05, 0) is 56.1 Å². The molecule has 0 aliphatic heterocycles. The van der Waals surface area contributed by atoms with E-state index in [1.54, 1.807) is 13.3 Å². The third-order valence-electron chi connectivity index (χ3n) is 3.00. The minimum atomic E-state index is 0.000836. The van der Waals surface area contributed by atoms with Crippen LogP contribution in [-0.2, 0) is 0 Å². The largest absolute Gasteiger partial charge is 0.497 e. The molecule has 0 bridgehead atoms. The van der Waals surface area contributed by atoms with Gasteiger partial charge in [0.1, 0.15) is 5.75 Å². The minimum Gasteiger partial charge on any atom is -0.497 e. The molecule has 0 saturated heterocycles. The van der Waals surface area contributed by atoms with Crippen molar-refractivity contribution >= 4 is 59.9 Å². The first-order chi connectivity index (χ1) is 9.60. The quantitative estimate of drug-likeness (QED) is 0.613. The fraction of sp³-hybridized carbons (Fsp3) is 0.0714. The Morgan fingerprint density at radius 3 is 2.75 bits per heavy atom. The zero-order valence-corrected chi connectivity index (χ0v) is 14.4. The molecule has 3 rings (SSSR count). The number of rotatable bonds is 3. The van der Waals surface area contributed by atoms with Crippen LogP contribution in [0.3, 0.4) is 0 Å². The first-order valence-electron chi connectivity index (χ1n) is 5.75. The number of H-pyrrole nitrogens is 1. The number of fused-ring (bicyclic) bond motifs is 1. The number of benzene rings is 1. The van der Waals surface area contributed by atoms with Crippen LogP contribution < -0.4 is 4.74 Å². The maximum absolute atomic E-state index is 12.6. The molecule has 102 valence electrons. The second-order valence-electron chi connectivity index (χ2n) is 4.18. The molecular weight excluding hydrogens is 406 g/mol. The second-order valence-corrected chi connectivity index (χ2v) is 7.40. The van der Waals surface area contributed by atoms with Crippen molar-refractivity contribution in [1.82, 2.24) is 4.98 Å². The Kier molecular flexibility index (Phi) is 3.70. The molecule has 2 aromatic heterocycles. The van der Waals surface area contributed by atoms with Gasteiger partial charge in [-0.25, -0.2) is 0 Å². The number of aromatic amines is 1. The summed E-state index contributed by atoms with van der Waals surface area (Å²) in [5, 5.41) is 0.870. The lowest BCUT2D eigenvalue weighted by Gasteiger charge is -2.00. The summed E-state index contributed by atoms with van der Waals surface area (Å²) in [6.45, 7) is 0. The van der Waals surface area contributed by atoms with Gasteiger partial charge in [-0.3, -0.25) is 4.79 Å². The predicted molar refractivity (Wildman–Crippen MR) is 88.0 cm³/mol. The van der Waals surface area contributed by atoms with Gasteiger partial charge in [0.2, 0.25) is 5.78 Å². The van der Waals surface area contributed by atoms with Crippen LogP contribution in [0.4, 0.5) is 0 Å². The summed E-state index contributed by atoms with van der Waals surface area (Å²) >= 11 is 8.23. The molecule has 0 amide bonds. The normalized spacial score (nSPS) is 10.9. The van der Waals surface area contributed by atoms with Crippen molar-refractivity contribution in [3.63, 3.8) is 0 Å². The lowest BCUT2D eigenvalue weighted by Crippen LogP contribution is -1.97. The fourth-order valence-corrected chi connectivity index (χ4v) is 4.00. The number of ketones is 1. The smallest absolute Gasteiger partial charge is 0.205 e. The van der Waals surface area contributed by atoms with Crippen LogP contribution in [0.2, 0.25) is 0 Å². The highest BCUT2D eigenvalue weighted by molar-refractivity contribution is 9.13. The van der Waals surface area contributed by atoms with Gasteiger partial charge in [0, 0.05) is 27.1 Å². The summed E-state index contributed by atoms with van der Waals surface area (Å²) in [5.74, 6) is 0.737. The average molecular weight is 415 g/mol. The van der Waals surface area contributed by atoms with Crippen LogP contribution in [0.1, 0.15) is 15.2 Å². The maximum Gasteiger partial charge on any atom is 0.205 e. The summed E-state index contributed by atoms with van der Waals surface area (Å²) < 4.78 is 7.02. The predicted octanol–water partition coefficient (Wildman–Crippen LogP) is 4.99. The van der Waals surface area contributed by atoms with Crippen molar-refractivity contribution in [2.75, 3.05) is 7.11 Å². The SMILES string of the molecule is COc1ccc2[nH]cc(C(=O)c3cc(Br)c(Br)s3)c2c1. The highest BCUT2D eigenvalue weighted by atomic mass is 79.9. The molecule has 6 heteroatoms. The number of methoxy groups -OCH3 is 1. The van der Waals surface area contributed by atoms with Crippen molar-refractivity contribution in [2.45, 2.75) is 0 Å². The Bertz CT molecular complexity index is 787. The molecule has 0 saturated carbocycles. The van der Waals surface area contributed by atoms with Crippen LogP contribution in [0, 0.1) is 0 Å². The molecular formula is C14H9Br2NO2S. The summed E-state index contributed by atoms with van der Waals surface area (Å²) in [7, 11) is 1.61. The molecule has 1 N–H and O–H groups in total. The number of hydrogen-bond acceptors (Lipinski definition) is 3. The van der Waals surface area contributed by atoms with Crippen LogP contribution in [0.25, 0.3) is 10.9 Å². The van der Waals surface area contributed by atoms with E-state index in [-0.39, 0.29) is 5.78 Å². The number of hydrogen-bond donors (Lipinski definition) is 1. The van der Waals surface area contributed by atoms with E-state index in [1.807, 2.05) is 24.3 Å². The first kappa shape index (κ1) is 13.9. The molecule has 0 atom stereocenters. The number of carbonyl (C=O) groups is 1. The molecule has 3 nitrogen and oxygen atoms in total. The first-order valence-corrected chi connectivity index (χ1v) is 8.15. The van der Waals surface area contributed by atoms with Crippen LogP contribution >= 0.6 is 43.2 Å². The van der Waals surface area contributed by atoms with Crippen LogP contribution in [0.5, 0.6) is 5.75 Å². The Balaban J connectivity index is 2.11. The highest BCUT2D eigenvalue weighted by Gasteiger charge is 2.18. The second kappa shape index (κ2) is 5.35. The maximum atomic E-state index is 12.6. The molecule has 0 unspecified atom stereocenters. The van der Waals surface area contributed by atoms with Gasteiger partial charge in [-0.15, -0.1) is 11.3 Å². The Morgan fingerprint density at radius 2 is 2.10 bits per heavy atom. The highest BCUT2D eigenvalue weighted by Crippen LogP contribution is 2.34. The van der Waals surface area contributed by atoms with Crippen molar-refractivity contribution in [1.29, 1.82) is 0 Å².